The summed E-state index contributed by atoms with van der Waals surface area (Å²) in [6.07, 6.45) is 2.71. The number of nitriles is 1. The number of alkyl halides is 3. The van der Waals surface area contributed by atoms with E-state index in [4.69, 9.17) is 5.26 Å². The Hall–Kier alpha value is -2.07. The van der Waals surface area contributed by atoms with Crippen molar-refractivity contribution in [3.8, 4) is 6.07 Å². The van der Waals surface area contributed by atoms with Crippen LogP contribution in [0.4, 0.5) is 13.2 Å². The number of rotatable bonds is 6. The van der Waals surface area contributed by atoms with Crippen LogP contribution < -0.4 is 5.32 Å². The Morgan fingerprint density at radius 1 is 1.13 bits per heavy atom. The monoisotopic (exact) mass is 421 g/mol. The predicted molar refractivity (Wildman–Crippen MR) is 109 cm³/mol. The number of halogens is 3. The van der Waals surface area contributed by atoms with E-state index in [1.807, 2.05) is 12.1 Å². The zero-order valence-corrected chi connectivity index (χ0v) is 17.3. The number of carbonyl (C=O) groups is 1. The molecule has 164 valence electrons. The van der Waals surface area contributed by atoms with Crippen molar-refractivity contribution in [3.63, 3.8) is 0 Å². The van der Waals surface area contributed by atoms with Gasteiger partial charge in [0.1, 0.15) is 6.42 Å². The summed E-state index contributed by atoms with van der Waals surface area (Å²) in [6.45, 7) is 2.90. The van der Waals surface area contributed by atoms with E-state index >= 15 is 0 Å². The zero-order valence-electron chi connectivity index (χ0n) is 17.3. The molecule has 0 unspecified atom stereocenters. The van der Waals surface area contributed by atoms with Crippen molar-refractivity contribution in [2.24, 2.45) is 5.92 Å². The van der Waals surface area contributed by atoms with Crippen LogP contribution in [0.1, 0.15) is 68.4 Å². The Kier molecular flexibility index (Phi) is 7.76. The van der Waals surface area contributed by atoms with E-state index in [9.17, 15) is 18.0 Å². The fourth-order valence-electron chi connectivity index (χ4n) is 4.77. The van der Waals surface area contributed by atoms with Crippen LogP contribution in [-0.2, 0) is 11.0 Å². The smallest absolute Gasteiger partial charge is 0.352 e. The van der Waals surface area contributed by atoms with E-state index in [0.29, 0.717) is 5.92 Å². The SMILES string of the molecule is N#CCC(=O)N[C@H]1CC[C@H](CCN2CCC(c3cccc(C(F)(F)F)c3)CC2)CC1. The first kappa shape index (κ1) is 22.6. The van der Waals surface area contributed by atoms with E-state index in [0.717, 1.165) is 76.2 Å². The Labute approximate surface area is 176 Å². The van der Waals surface area contributed by atoms with Gasteiger partial charge in [0, 0.05) is 6.04 Å². The van der Waals surface area contributed by atoms with Gasteiger partial charge in [-0.1, -0.05) is 18.2 Å². The van der Waals surface area contributed by atoms with Crippen LogP contribution in [0.5, 0.6) is 0 Å². The molecule has 1 saturated heterocycles. The van der Waals surface area contributed by atoms with Gasteiger partial charge in [-0.15, -0.1) is 0 Å². The van der Waals surface area contributed by atoms with Crippen molar-refractivity contribution in [1.29, 1.82) is 5.26 Å². The number of amides is 1. The highest BCUT2D eigenvalue weighted by Gasteiger charge is 2.31. The molecule has 30 heavy (non-hydrogen) atoms. The summed E-state index contributed by atoms with van der Waals surface area (Å²) in [7, 11) is 0. The minimum Gasteiger partial charge on any atom is -0.352 e. The molecule has 1 aromatic rings. The molecule has 1 saturated carbocycles. The lowest BCUT2D eigenvalue weighted by Gasteiger charge is -2.34. The van der Waals surface area contributed by atoms with Gasteiger partial charge >= 0.3 is 6.18 Å². The molecule has 1 heterocycles. The van der Waals surface area contributed by atoms with Gasteiger partial charge < -0.3 is 10.2 Å². The molecule has 0 bridgehead atoms. The number of benzene rings is 1. The van der Waals surface area contributed by atoms with E-state index < -0.39 is 11.7 Å². The van der Waals surface area contributed by atoms with Gasteiger partial charge in [0.15, 0.2) is 0 Å². The maximum Gasteiger partial charge on any atom is 0.416 e. The lowest BCUT2D eigenvalue weighted by Crippen LogP contribution is -2.38. The van der Waals surface area contributed by atoms with Gasteiger partial charge in [-0.25, -0.2) is 0 Å². The molecule has 0 radical (unpaired) electrons. The summed E-state index contributed by atoms with van der Waals surface area (Å²) in [6, 6.07) is 7.87. The number of piperidine rings is 1. The number of carbonyl (C=O) groups excluding carboxylic acids is 1. The summed E-state index contributed by atoms with van der Waals surface area (Å²) < 4.78 is 38.9. The van der Waals surface area contributed by atoms with Crippen molar-refractivity contribution < 1.29 is 18.0 Å². The minimum atomic E-state index is -4.28. The molecule has 1 amide bonds. The summed E-state index contributed by atoms with van der Waals surface area (Å²) in [5.41, 5.74) is 0.253. The quantitative estimate of drug-likeness (QED) is 0.713. The summed E-state index contributed by atoms with van der Waals surface area (Å²) in [5.74, 6) is 0.691. The Morgan fingerprint density at radius 2 is 1.83 bits per heavy atom. The topological polar surface area (TPSA) is 56.1 Å². The van der Waals surface area contributed by atoms with Crippen molar-refractivity contribution in [1.82, 2.24) is 10.2 Å². The van der Waals surface area contributed by atoms with Crippen molar-refractivity contribution >= 4 is 5.91 Å². The molecule has 2 aliphatic rings. The second-order valence-corrected chi connectivity index (χ2v) is 8.65. The second-order valence-electron chi connectivity index (χ2n) is 8.65. The third-order valence-corrected chi connectivity index (χ3v) is 6.58. The van der Waals surface area contributed by atoms with Crippen LogP contribution in [0.25, 0.3) is 0 Å². The molecular formula is C23H30F3N3O. The predicted octanol–water partition coefficient (Wildman–Crippen LogP) is 4.86. The van der Waals surface area contributed by atoms with Gasteiger partial charge in [-0.05, 0) is 88.0 Å². The highest BCUT2D eigenvalue weighted by molar-refractivity contribution is 5.78. The van der Waals surface area contributed by atoms with Crippen LogP contribution in [0, 0.1) is 17.2 Å². The number of nitrogens with zero attached hydrogens (tertiary/aromatic N) is 2. The van der Waals surface area contributed by atoms with E-state index in [2.05, 4.69) is 10.2 Å². The second kappa shape index (κ2) is 10.3. The van der Waals surface area contributed by atoms with E-state index in [1.165, 1.54) is 12.1 Å². The molecule has 3 rings (SSSR count). The zero-order chi connectivity index (χ0) is 21.6. The standard InChI is InChI=1S/C23H30F3N3O/c24-23(25,26)20-3-1-2-19(16-20)18-10-14-29(15-11-18)13-9-17-4-6-21(7-5-17)28-22(30)8-12-27/h1-3,16-18,21H,4-11,13-15H2,(H,28,30)/t17-,21-. The van der Waals surface area contributed by atoms with Crippen LogP contribution >= 0.6 is 0 Å². The third-order valence-electron chi connectivity index (χ3n) is 6.58. The Bertz CT molecular complexity index is 743. The lowest BCUT2D eigenvalue weighted by molar-refractivity contribution is -0.137. The van der Waals surface area contributed by atoms with E-state index in [1.54, 1.807) is 0 Å². The van der Waals surface area contributed by atoms with Gasteiger partial charge in [0.25, 0.3) is 0 Å². The molecule has 1 aromatic carbocycles. The number of hydrogen-bond acceptors (Lipinski definition) is 3. The maximum atomic E-state index is 13.0. The summed E-state index contributed by atoms with van der Waals surface area (Å²) in [4.78, 5) is 14.0. The Balaban J connectivity index is 1.37. The van der Waals surface area contributed by atoms with Gasteiger partial charge in [0.05, 0.1) is 11.6 Å². The molecule has 0 aromatic heterocycles. The van der Waals surface area contributed by atoms with Crippen LogP contribution in [0.3, 0.4) is 0 Å². The number of nitrogens with one attached hydrogen (secondary N) is 1. The normalized spacial score (nSPS) is 23.7. The largest absolute Gasteiger partial charge is 0.416 e. The summed E-state index contributed by atoms with van der Waals surface area (Å²) in [5, 5.41) is 11.5. The highest BCUT2D eigenvalue weighted by atomic mass is 19.4. The fraction of sp³-hybridized carbons (Fsp3) is 0.652. The van der Waals surface area contributed by atoms with Crippen LogP contribution in [0.15, 0.2) is 24.3 Å². The van der Waals surface area contributed by atoms with E-state index in [-0.39, 0.29) is 24.3 Å². The first-order chi connectivity index (χ1) is 14.3. The van der Waals surface area contributed by atoms with Crippen LogP contribution in [0.2, 0.25) is 0 Å². The molecule has 0 spiro atoms. The van der Waals surface area contributed by atoms with Gasteiger partial charge in [-0.2, -0.15) is 18.4 Å². The maximum absolute atomic E-state index is 13.0. The third kappa shape index (κ3) is 6.46. The molecule has 1 N–H and O–H groups in total. The Morgan fingerprint density at radius 3 is 2.47 bits per heavy atom. The number of likely N-dealkylation sites (tertiary alicyclic amines) is 1. The lowest BCUT2D eigenvalue weighted by atomic mass is 9.83. The molecular weight excluding hydrogens is 391 g/mol. The molecule has 0 atom stereocenters. The molecule has 7 heteroatoms. The van der Waals surface area contributed by atoms with Crippen molar-refractivity contribution in [2.45, 2.75) is 69.5 Å². The summed E-state index contributed by atoms with van der Waals surface area (Å²) >= 11 is 0. The molecule has 1 aliphatic heterocycles. The first-order valence-electron chi connectivity index (χ1n) is 10.9. The number of hydrogen-bond donors (Lipinski definition) is 1. The van der Waals surface area contributed by atoms with Gasteiger partial charge in [0.2, 0.25) is 5.91 Å². The average Bonchev–Trinajstić information content (AvgIpc) is 2.73. The average molecular weight is 422 g/mol. The molecule has 4 nitrogen and oxygen atoms in total. The fourth-order valence-corrected chi connectivity index (χ4v) is 4.77. The highest BCUT2D eigenvalue weighted by Crippen LogP contribution is 2.34. The molecule has 2 fully saturated rings. The van der Waals surface area contributed by atoms with Crippen molar-refractivity contribution in [2.75, 3.05) is 19.6 Å². The van der Waals surface area contributed by atoms with Crippen LogP contribution in [-0.4, -0.2) is 36.5 Å². The molecule has 1 aliphatic carbocycles. The first-order valence-corrected chi connectivity index (χ1v) is 10.9. The van der Waals surface area contributed by atoms with Crippen molar-refractivity contribution in [3.05, 3.63) is 35.4 Å². The minimum absolute atomic E-state index is 0.0730. The van der Waals surface area contributed by atoms with Gasteiger partial charge in [-0.3, -0.25) is 4.79 Å².